The molecule has 1 aromatic carbocycles. The van der Waals surface area contributed by atoms with E-state index in [2.05, 4.69) is 10.3 Å². The topological polar surface area (TPSA) is 77.3 Å². The number of hydrogen-bond acceptors (Lipinski definition) is 5. The quantitative estimate of drug-likeness (QED) is 0.692. The number of rotatable bonds is 4. The first-order valence-corrected chi connectivity index (χ1v) is 5.58. The Hall–Kier alpha value is -2.84. The molecule has 0 unspecified atom stereocenters. The van der Waals surface area contributed by atoms with Crippen LogP contribution in [0.4, 0.5) is 24.7 Å². The Kier molecular flexibility index (Phi) is 3.92. The number of nitro benzene ring substituents is 1. The van der Waals surface area contributed by atoms with Crippen molar-refractivity contribution in [2.45, 2.75) is 0 Å². The molecule has 6 nitrogen and oxygen atoms in total. The molecule has 0 aliphatic rings. The van der Waals surface area contributed by atoms with Crippen molar-refractivity contribution >= 4 is 11.5 Å². The standard InChI is InChI=1S/C12H8F3N3O3/c1-16-11-7(14)5-8(15)12(17-11)21-10-4-6(13)2-3-9(10)18(19)20/h2-5H,1H3,(H,16,17). The number of anilines is 1. The lowest BCUT2D eigenvalue weighted by Gasteiger charge is -2.08. The van der Waals surface area contributed by atoms with Gasteiger partial charge in [-0.2, -0.15) is 4.98 Å². The lowest BCUT2D eigenvalue weighted by Crippen LogP contribution is -2.02. The summed E-state index contributed by atoms with van der Waals surface area (Å²) >= 11 is 0. The molecule has 1 aromatic heterocycles. The number of hydrogen-bond donors (Lipinski definition) is 1. The van der Waals surface area contributed by atoms with Crippen LogP contribution in [0.25, 0.3) is 0 Å². The van der Waals surface area contributed by atoms with E-state index in [4.69, 9.17) is 4.74 Å². The number of benzene rings is 1. The number of aromatic nitrogens is 1. The van der Waals surface area contributed by atoms with Gasteiger partial charge in [-0.3, -0.25) is 10.1 Å². The Labute approximate surface area is 116 Å². The van der Waals surface area contributed by atoms with E-state index in [1.165, 1.54) is 7.05 Å². The molecule has 0 aliphatic heterocycles. The minimum Gasteiger partial charge on any atom is -0.429 e. The molecule has 0 bridgehead atoms. The molecule has 0 saturated carbocycles. The van der Waals surface area contributed by atoms with Crippen LogP contribution in [0.1, 0.15) is 0 Å². The Morgan fingerprint density at radius 1 is 1.24 bits per heavy atom. The van der Waals surface area contributed by atoms with E-state index >= 15 is 0 Å². The zero-order chi connectivity index (χ0) is 15.6. The zero-order valence-corrected chi connectivity index (χ0v) is 10.6. The summed E-state index contributed by atoms with van der Waals surface area (Å²) in [5, 5.41) is 13.2. The SMILES string of the molecule is CNc1nc(Oc2cc(F)ccc2[N+](=O)[O-])c(F)cc1F. The van der Waals surface area contributed by atoms with Crippen molar-refractivity contribution in [2.75, 3.05) is 12.4 Å². The summed E-state index contributed by atoms with van der Waals surface area (Å²) < 4.78 is 44.9. The minimum atomic E-state index is -1.18. The van der Waals surface area contributed by atoms with E-state index < -0.39 is 39.7 Å². The summed E-state index contributed by atoms with van der Waals surface area (Å²) in [5.41, 5.74) is -0.576. The summed E-state index contributed by atoms with van der Waals surface area (Å²) in [6.45, 7) is 0. The van der Waals surface area contributed by atoms with Crippen LogP contribution in [0.5, 0.6) is 11.6 Å². The van der Waals surface area contributed by atoms with Gasteiger partial charge in [-0.1, -0.05) is 0 Å². The Balaban J connectivity index is 2.47. The third-order valence-electron chi connectivity index (χ3n) is 2.46. The van der Waals surface area contributed by atoms with Crippen molar-refractivity contribution in [3.8, 4) is 11.6 Å². The second kappa shape index (κ2) is 5.65. The molecule has 0 fully saturated rings. The van der Waals surface area contributed by atoms with Gasteiger partial charge in [0.2, 0.25) is 5.75 Å². The summed E-state index contributed by atoms with van der Waals surface area (Å²) in [6.07, 6.45) is 0. The van der Waals surface area contributed by atoms with Crippen molar-refractivity contribution in [3.63, 3.8) is 0 Å². The van der Waals surface area contributed by atoms with E-state index in [1.54, 1.807) is 0 Å². The molecule has 110 valence electrons. The maximum Gasteiger partial charge on any atom is 0.311 e. The van der Waals surface area contributed by atoms with Gasteiger partial charge in [0.1, 0.15) is 5.82 Å². The normalized spacial score (nSPS) is 10.3. The predicted octanol–water partition coefficient (Wildman–Crippen LogP) is 3.24. The number of halogens is 3. The van der Waals surface area contributed by atoms with E-state index in [0.29, 0.717) is 12.1 Å². The molecule has 9 heteroatoms. The lowest BCUT2D eigenvalue weighted by atomic mass is 10.3. The fourth-order valence-electron chi connectivity index (χ4n) is 1.52. The molecule has 0 spiro atoms. The summed E-state index contributed by atoms with van der Waals surface area (Å²) in [7, 11) is 1.34. The molecule has 0 atom stereocenters. The first-order chi connectivity index (χ1) is 9.92. The van der Waals surface area contributed by atoms with Crippen LogP contribution < -0.4 is 10.1 Å². The molecule has 2 aromatic rings. The molecule has 1 N–H and O–H groups in total. The molecule has 0 saturated heterocycles. The van der Waals surface area contributed by atoms with Gasteiger partial charge in [-0.15, -0.1) is 0 Å². The molecule has 21 heavy (non-hydrogen) atoms. The average Bonchev–Trinajstić information content (AvgIpc) is 2.41. The largest absolute Gasteiger partial charge is 0.429 e. The molecule has 0 radical (unpaired) electrons. The van der Waals surface area contributed by atoms with Gasteiger partial charge in [0.05, 0.1) is 4.92 Å². The van der Waals surface area contributed by atoms with Crippen molar-refractivity contribution in [3.05, 3.63) is 51.8 Å². The van der Waals surface area contributed by atoms with Gasteiger partial charge in [-0.05, 0) is 6.07 Å². The molecular formula is C12H8F3N3O3. The van der Waals surface area contributed by atoms with Crippen LogP contribution in [0, 0.1) is 27.6 Å². The maximum absolute atomic E-state index is 13.6. The molecule has 2 rings (SSSR count). The monoisotopic (exact) mass is 299 g/mol. The Bertz CT molecular complexity index is 710. The van der Waals surface area contributed by atoms with Gasteiger partial charge in [0.25, 0.3) is 5.88 Å². The third-order valence-corrected chi connectivity index (χ3v) is 2.46. The highest BCUT2D eigenvalue weighted by Gasteiger charge is 2.20. The minimum absolute atomic E-state index is 0.314. The Morgan fingerprint density at radius 2 is 1.95 bits per heavy atom. The molecule has 0 aliphatic carbocycles. The summed E-state index contributed by atoms with van der Waals surface area (Å²) in [6, 6.07) is 2.94. The van der Waals surface area contributed by atoms with Gasteiger partial charge in [0.15, 0.2) is 17.5 Å². The number of pyridine rings is 1. The highest BCUT2D eigenvalue weighted by atomic mass is 19.1. The number of nitrogens with one attached hydrogen (secondary N) is 1. The lowest BCUT2D eigenvalue weighted by molar-refractivity contribution is -0.385. The van der Waals surface area contributed by atoms with Gasteiger partial charge < -0.3 is 10.1 Å². The first kappa shape index (κ1) is 14.6. The molecule has 1 heterocycles. The van der Waals surface area contributed by atoms with E-state index in [9.17, 15) is 23.3 Å². The first-order valence-electron chi connectivity index (χ1n) is 5.58. The average molecular weight is 299 g/mol. The van der Waals surface area contributed by atoms with Crippen LogP contribution in [0.15, 0.2) is 24.3 Å². The van der Waals surface area contributed by atoms with Crippen molar-refractivity contribution in [1.29, 1.82) is 0 Å². The highest BCUT2D eigenvalue weighted by Crippen LogP contribution is 2.33. The fourth-order valence-corrected chi connectivity index (χ4v) is 1.52. The number of nitro groups is 1. The number of nitrogens with zero attached hydrogens (tertiary/aromatic N) is 2. The predicted molar refractivity (Wildman–Crippen MR) is 66.8 cm³/mol. The summed E-state index contributed by atoms with van der Waals surface area (Å²) in [4.78, 5) is 13.5. The second-order valence-corrected chi connectivity index (χ2v) is 3.83. The van der Waals surface area contributed by atoms with Crippen molar-refractivity contribution < 1.29 is 22.8 Å². The molecule has 0 amide bonds. The van der Waals surface area contributed by atoms with Gasteiger partial charge in [0, 0.05) is 25.2 Å². The second-order valence-electron chi connectivity index (χ2n) is 3.83. The third kappa shape index (κ3) is 3.02. The van der Waals surface area contributed by atoms with E-state index in [1.807, 2.05) is 0 Å². The van der Waals surface area contributed by atoms with Gasteiger partial charge >= 0.3 is 5.69 Å². The van der Waals surface area contributed by atoms with Crippen molar-refractivity contribution in [1.82, 2.24) is 4.98 Å². The number of ether oxygens (including phenoxy) is 1. The van der Waals surface area contributed by atoms with Crippen LogP contribution in [0.3, 0.4) is 0 Å². The van der Waals surface area contributed by atoms with Crippen LogP contribution in [-0.4, -0.2) is 17.0 Å². The van der Waals surface area contributed by atoms with Crippen LogP contribution >= 0.6 is 0 Å². The van der Waals surface area contributed by atoms with Crippen molar-refractivity contribution in [2.24, 2.45) is 0 Å². The van der Waals surface area contributed by atoms with E-state index in [0.717, 1.165) is 12.1 Å². The highest BCUT2D eigenvalue weighted by molar-refractivity contribution is 5.49. The maximum atomic E-state index is 13.6. The summed E-state index contributed by atoms with van der Waals surface area (Å²) in [5.74, 6) is -4.52. The smallest absolute Gasteiger partial charge is 0.311 e. The van der Waals surface area contributed by atoms with E-state index in [-0.39, 0.29) is 5.82 Å². The Morgan fingerprint density at radius 3 is 2.57 bits per heavy atom. The fraction of sp³-hybridized carbons (Fsp3) is 0.0833. The van der Waals surface area contributed by atoms with Crippen LogP contribution in [0.2, 0.25) is 0 Å². The van der Waals surface area contributed by atoms with Gasteiger partial charge in [-0.25, -0.2) is 13.2 Å². The zero-order valence-electron chi connectivity index (χ0n) is 10.6. The van der Waals surface area contributed by atoms with Crippen LogP contribution in [-0.2, 0) is 0 Å². The molecular weight excluding hydrogens is 291 g/mol.